The van der Waals surface area contributed by atoms with Crippen LogP contribution in [0.1, 0.15) is 12.5 Å². The quantitative estimate of drug-likeness (QED) is 0.880. The second-order valence-corrected chi connectivity index (χ2v) is 4.77. The second-order valence-electron chi connectivity index (χ2n) is 3.91. The largest absolute Gasteiger partial charge is 0.494 e. The summed E-state index contributed by atoms with van der Waals surface area (Å²) >= 11 is 3.52. The standard InChI is InChI=1S/C15H16BrNO/c1-2-18-13-7-5-6-12(10-13)11-17-15-9-4-3-8-14(15)16/h3-10,17H,2,11H2,1H3. The molecule has 3 heteroatoms. The maximum absolute atomic E-state index is 5.49. The molecule has 2 nitrogen and oxygen atoms in total. The van der Waals surface area contributed by atoms with Gasteiger partial charge in [-0.15, -0.1) is 0 Å². The normalized spacial score (nSPS) is 10.1. The van der Waals surface area contributed by atoms with Gasteiger partial charge in [0.05, 0.1) is 6.61 Å². The minimum absolute atomic E-state index is 0.696. The average Bonchev–Trinajstić information content (AvgIpc) is 2.39. The fraction of sp³-hybridized carbons (Fsp3) is 0.200. The Morgan fingerprint density at radius 3 is 2.72 bits per heavy atom. The zero-order valence-corrected chi connectivity index (χ0v) is 11.9. The molecule has 0 amide bonds. The van der Waals surface area contributed by atoms with Crippen LogP contribution in [0.25, 0.3) is 0 Å². The first-order valence-corrected chi connectivity index (χ1v) is 6.79. The van der Waals surface area contributed by atoms with Gasteiger partial charge in [-0.2, -0.15) is 0 Å². The molecule has 0 heterocycles. The molecule has 0 aliphatic heterocycles. The monoisotopic (exact) mass is 305 g/mol. The van der Waals surface area contributed by atoms with E-state index in [0.717, 1.165) is 22.5 Å². The molecule has 0 saturated carbocycles. The van der Waals surface area contributed by atoms with Crippen molar-refractivity contribution in [2.75, 3.05) is 11.9 Å². The van der Waals surface area contributed by atoms with Gasteiger partial charge < -0.3 is 10.1 Å². The van der Waals surface area contributed by atoms with Gasteiger partial charge >= 0.3 is 0 Å². The molecule has 0 unspecified atom stereocenters. The molecule has 1 N–H and O–H groups in total. The smallest absolute Gasteiger partial charge is 0.119 e. The van der Waals surface area contributed by atoms with Crippen molar-refractivity contribution in [3.8, 4) is 5.75 Å². The lowest BCUT2D eigenvalue weighted by atomic mass is 10.2. The molecule has 2 aromatic carbocycles. The summed E-state index contributed by atoms with van der Waals surface area (Å²) in [6.45, 7) is 3.47. The summed E-state index contributed by atoms with van der Waals surface area (Å²) in [4.78, 5) is 0. The molecule has 0 aliphatic carbocycles. The van der Waals surface area contributed by atoms with Crippen LogP contribution in [-0.4, -0.2) is 6.61 Å². The lowest BCUT2D eigenvalue weighted by Crippen LogP contribution is -2.00. The number of ether oxygens (including phenoxy) is 1. The van der Waals surface area contributed by atoms with Gasteiger partial charge in [0.15, 0.2) is 0 Å². The summed E-state index contributed by atoms with van der Waals surface area (Å²) in [6.07, 6.45) is 0. The highest BCUT2D eigenvalue weighted by atomic mass is 79.9. The lowest BCUT2D eigenvalue weighted by molar-refractivity contribution is 0.340. The number of hydrogen-bond acceptors (Lipinski definition) is 2. The summed E-state index contributed by atoms with van der Waals surface area (Å²) in [5.41, 5.74) is 2.30. The van der Waals surface area contributed by atoms with Crippen molar-refractivity contribution >= 4 is 21.6 Å². The summed E-state index contributed by atoms with van der Waals surface area (Å²) in [7, 11) is 0. The first-order valence-electron chi connectivity index (χ1n) is 5.99. The molecule has 0 fully saturated rings. The number of halogens is 1. The number of anilines is 1. The van der Waals surface area contributed by atoms with E-state index in [1.165, 1.54) is 5.56 Å². The molecule has 0 aromatic heterocycles. The highest BCUT2D eigenvalue weighted by molar-refractivity contribution is 9.10. The summed E-state index contributed by atoms with van der Waals surface area (Å²) in [6, 6.07) is 16.2. The molecule has 0 bridgehead atoms. The minimum Gasteiger partial charge on any atom is -0.494 e. The van der Waals surface area contributed by atoms with Crippen LogP contribution in [0.2, 0.25) is 0 Å². The fourth-order valence-corrected chi connectivity index (χ4v) is 2.14. The van der Waals surface area contributed by atoms with E-state index in [-0.39, 0.29) is 0 Å². The van der Waals surface area contributed by atoms with Crippen LogP contribution in [0.5, 0.6) is 5.75 Å². The molecule has 0 spiro atoms. The Morgan fingerprint density at radius 1 is 1.11 bits per heavy atom. The van der Waals surface area contributed by atoms with E-state index >= 15 is 0 Å². The van der Waals surface area contributed by atoms with Gasteiger partial charge in [0, 0.05) is 16.7 Å². The van der Waals surface area contributed by atoms with Crippen molar-refractivity contribution in [2.24, 2.45) is 0 Å². The third-order valence-corrected chi connectivity index (χ3v) is 3.26. The fourth-order valence-electron chi connectivity index (χ4n) is 1.71. The van der Waals surface area contributed by atoms with Crippen molar-refractivity contribution in [1.82, 2.24) is 0 Å². The van der Waals surface area contributed by atoms with Crippen LogP contribution in [0.3, 0.4) is 0 Å². The maximum atomic E-state index is 5.49. The molecule has 2 rings (SSSR count). The Balaban J connectivity index is 2.02. The first kappa shape index (κ1) is 13.0. The van der Waals surface area contributed by atoms with Gasteiger partial charge in [-0.1, -0.05) is 24.3 Å². The van der Waals surface area contributed by atoms with Crippen molar-refractivity contribution in [3.05, 3.63) is 58.6 Å². The molecule has 18 heavy (non-hydrogen) atoms. The SMILES string of the molecule is CCOc1cccc(CNc2ccccc2Br)c1. The maximum Gasteiger partial charge on any atom is 0.119 e. The summed E-state index contributed by atoms with van der Waals surface area (Å²) < 4.78 is 6.56. The van der Waals surface area contributed by atoms with E-state index in [2.05, 4.69) is 39.4 Å². The van der Waals surface area contributed by atoms with E-state index in [1.807, 2.05) is 37.3 Å². The molecule has 2 aromatic rings. The van der Waals surface area contributed by atoms with Gasteiger partial charge in [0.25, 0.3) is 0 Å². The molecule has 0 atom stereocenters. The molecule has 0 saturated heterocycles. The minimum atomic E-state index is 0.696. The Kier molecular flexibility index (Phi) is 4.65. The van der Waals surface area contributed by atoms with Gasteiger partial charge in [-0.3, -0.25) is 0 Å². The second kappa shape index (κ2) is 6.45. The van der Waals surface area contributed by atoms with E-state index in [4.69, 9.17) is 4.74 Å². The average molecular weight is 306 g/mol. The van der Waals surface area contributed by atoms with Crippen molar-refractivity contribution in [2.45, 2.75) is 13.5 Å². The predicted molar refractivity (Wildman–Crippen MR) is 79.1 cm³/mol. The molecular formula is C15H16BrNO. The Labute approximate surface area is 116 Å². The number of rotatable bonds is 5. The van der Waals surface area contributed by atoms with Crippen molar-refractivity contribution < 1.29 is 4.74 Å². The van der Waals surface area contributed by atoms with E-state index in [0.29, 0.717) is 6.61 Å². The van der Waals surface area contributed by atoms with Crippen molar-refractivity contribution in [1.29, 1.82) is 0 Å². The van der Waals surface area contributed by atoms with Gasteiger partial charge in [0.1, 0.15) is 5.75 Å². The molecular weight excluding hydrogens is 290 g/mol. The van der Waals surface area contributed by atoms with Crippen LogP contribution in [-0.2, 0) is 6.54 Å². The van der Waals surface area contributed by atoms with E-state index < -0.39 is 0 Å². The summed E-state index contributed by atoms with van der Waals surface area (Å²) in [5.74, 6) is 0.920. The molecule has 94 valence electrons. The number of hydrogen-bond donors (Lipinski definition) is 1. The predicted octanol–water partition coefficient (Wildman–Crippen LogP) is 4.46. The Morgan fingerprint density at radius 2 is 1.94 bits per heavy atom. The van der Waals surface area contributed by atoms with Crippen LogP contribution in [0.15, 0.2) is 53.0 Å². The van der Waals surface area contributed by atoms with Gasteiger partial charge in [-0.05, 0) is 52.7 Å². The number of para-hydroxylation sites is 1. The third-order valence-electron chi connectivity index (χ3n) is 2.57. The Hall–Kier alpha value is -1.48. The zero-order valence-electron chi connectivity index (χ0n) is 10.3. The van der Waals surface area contributed by atoms with Gasteiger partial charge in [-0.25, -0.2) is 0 Å². The first-order chi connectivity index (χ1) is 8.79. The van der Waals surface area contributed by atoms with Crippen LogP contribution < -0.4 is 10.1 Å². The van der Waals surface area contributed by atoms with E-state index in [9.17, 15) is 0 Å². The highest BCUT2D eigenvalue weighted by Crippen LogP contribution is 2.22. The molecule has 0 aliphatic rings. The van der Waals surface area contributed by atoms with Crippen LogP contribution >= 0.6 is 15.9 Å². The highest BCUT2D eigenvalue weighted by Gasteiger charge is 1.99. The number of benzene rings is 2. The van der Waals surface area contributed by atoms with Crippen molar-refractivity contribution in [3.63, 3.8) is 0 Å². The van der Waals surface area contributed by atoms with Crippen LogP contribution in [0, 0.1) is 0 Å². The third kappa shape index (κ3) is 3.50. The molecule has 0 radical (unpaired) electrons. The number of nitrogens with one attached hydrogen (secondary N) is 1. The van der Waals surface area contributed by atoms with Gasteiger partial charge in [0.2, 0.25) is 0 Å². The Bertz CT molecular complexity index is 513. The topological polar surface area (TPSA) is 21.3 Å². The summed E-state index contributed by atoms with van der Waals surface area (Å²) in [5, 5.41) is 3.40. The van der Waals surface area contributed by atoms with Crippen LogP contribution in [0.4, 0.5) is 5.69 Å². The zero-order chi connectivity index (χ0) is 12.8. The van der Waals surface area contributed by atoms with E-state index in [1.54, 1.807) is 0 Å². The lowest BCUT2D eigenvalue weighted by Gasteiger charge is -2.10.